The van der Waals surface area contributed by atoms with Crippen molar-refractivity contribution in [3.05, 3.63) is 35.9 Å². The third kappa shape index (κ3) is 2.58. The average molecular weight is 203 g/mol. The van der Waals surface area contributed by atoms with E-state index >= 15 is 0 Å². The summed E-state index contributed by atoms with van der Waals surface area (Å²) in [6.07, 6.45) is 0.381. The van der Waals surface area contributed by atoms with Crippen LogP contribution in [0.25, 0.3) is 0 Å². The van der Waals surface area contributed by atoms with Crippen LogP contribution in [0.1, 0.15) is 18.9 Å². The first kappa shape index (κ1) is 13.7. The summed E-state index contributed by atoms with van der Waals surface area (Å²) in [7, 11) is 0. The van der Waals surface area contributed by atoms with Crippen molar-refractivity contribution in [1.29, 1.82) is 0 Å². The van der Waals surface area contributed by atoms with Gasteiger partial charge in [0.25, 0.3) is 0 Å². The van der Waals surface area contributed by atoms with Crippen LogP contribution in [-0.2, 0) is 10.3 Å². The average Bonchev–Trinajstić information content (AvgIpc) is 2.17. The zero-order chi connectivity index (χ0) is 9.90. The van der Waals surface area contributed by atoms with E-state index in [2.05, 4.69) is 0 Å². The van der Waals surface area contributed by atoms with Crippen LogP contribution < -0.4 is 5.73 Å². The number of carbonyl (C=O) groups is 1. The Bertz CT molecular complexity index is 302. The fourth-order valence-electron chi connectivity index (χ4n) is 1.21. The van der Waals surface area contributed by atoms with Crippen LogP contribution in [0.3, 0.4) is 0 Å². The Morgan fingerprint density at radius 1 is 1.43 bits per heavy atom. The van der Waals surface area contributed by atoms with Crippen LogP contribution in [0.5, 0.6) is 0 Å². The summed E-state index contributed by atoms with van der Waals surface area (Å²) < 4.78 is 0. The van der Waals surface area contributed by atoms with E-state index in [9.17, 15) is 4.79 Å². The van der Waals surface area contributed by atoms with E-state index in [0.717, 1.165) is 0 Å². The molecule has 0 aliphatic rings. The normalized spacial score (nSPS) is 13.9. The molecule has 0 fully saturated rings. The van der Waals surface area contributed by atoms with Crippen molar-refractivity contribution in [2.45, 2.75) is 18.9 Å². The Balaban J connectivity index is 0.00000169. The molecule has 3 N–H and O–H groups in total. The van der Waals surface area contributed by atoms with E-state index in [-0.39, 0.29) is 29.6 Å². The summed E-state index contributed by atoms with van der Waals surface area (Å²) in [6, 6.07) is 8.88. The molecule has 1 aromatic carbocycles. The monoisotopic (exact) mass is 203 g/mol. The summed E-state index contributed by atoms with van der Waals surface area (Å²) in [6.45, 7) is 1.76. The standard InChI is InChI=1S/C10H13NO2.Na.H/c1-2-10(11,9(12)13)8-6-4-3-5-7-8;;/h3-7H,2,11H2,1H3,(H,12,13);;. The second kappa shape index (κ2) is 5.51. The van der Waals surface area contributed by atoms with Crippen molar-refractivity contribution in [3.8, 4) is 0 Å². The molecule has 1 rings (SSSR count). The number of aliphatic carboxylic acids is 1. The molecule has 1 unspecified atom stereocenters. The molecule has 1 atom stereocenters. The zero-order valence-electron chi connectivity index (χ0n) is 7.53. The van der Waals surface area contributed by atoms with Gasteiger partial charge in [-0.3, -0.25) is 0 Å². The summed E-state index contributed by atoms with van der Waals surface area (Å²) >= 11 is 0. The van der Waals surface area contributed by atoms with Crippen LogP contribution in [0, 0.1) is 0 Å². The quantitative estimate of drug-likeness (QED) is 0.710. The third-order valence-electron chi connectivity index (χ3n) is 2.23. The summed E-state index contributed by atoms with van der Waals surface area (Å²) in [5.41, 5.74) is 5.16. The van der Waals surface area contributed by atoms with Gasteiger partial charge < -0.3 is 10.8 Å². The van der Waals surface area contributed by atoms with E-state index in [0.29, 0.717) is 12.0 Å². The predicted octanol–water partition coefficient (Wildman–Crippen LogP) is 0.687. The van der Waals surface area contributed by atoms with Gasteiger partial charge >= 0.3 is 35.5 Å². The molecule has 0 saturated heterocycles. The van der Waals surface area contributed by atoms with Crippen LogP contribution in [-0.4, -0.2) is 40.6 Å². The minimum absolute atomic E-state index is 0. The first-order valence-electron chi connectivity index (χ1n) is 4.19. The first-order chi connectivity index (χ1) is 6.11. The van der Waals surface area contributed by atoms with Crippen molar-refractivity contribution in [1.82, 2.24) is 0 Å². The van der Waals surface area contributed by atoms with Crippen molar-refractivity contribution >= 4 is 35.5 Å². The van der Waals surface area contributed by atoms with Crippen molar-refractivity contribution in [3.63, 3.8) is 0 Å². The molecule has 0 radical (unpaired) electrons. The number of nitrogens with two attached hydrogens (primary N) is 1. The molecule has 0 heterocycles. The van der Waals surface area contributed by atoms with Gasteiger partial charge in [0.05, 0.1) is 0 Å². The second-order valence-electron chi connectivity index (χ2n) is 3.00. The van der Waals surface area contributed by atoms with Crippen molar-refractivity contribution in [2.24, 2.45) is 5.73 Å². The van der Waals surface area contributed by atoms with Crippen LogP contribution in [0.15, 0.2) is 30.3 Å². The van der Waals surface area contributed by atoms with E-state index in [4.69, 9.17) is 10.8 Å². The number of hydrogen-bond acceptors (Lipinski definition) is 2. The molecule has 72 valence electrons. The molecule has 0 bridgehead atoms. The van der Waals surface area contributed by atoms with Gasteiger partial charge in [-0.05, 0) is 12.0 Å². The molecule has 0 aliphatic carbocycles. The van der Waals surface area contributed by atoms with Gasteiger partial charge in [-0.15, -0.1) is 0 Å². The topological polar surface area (TPSA) is 63.3 Å². The predicted molar refractivity (Wildman–Crippen MR) is 57.4 cm³/mol. The third-order valence-corrected chi connectivity index (χ3v) is 2.23. The molecule has 14 heavy (non-hydrogen) atoms. The first-order valence-corrected chi connectivity index (χ1v) is 4.19. The number of rotatable bonds is 3. The summed E-state index contributed by atoms with van der Waals surface area (Å²) in [5, 5.41) is 8.96. The fraction of sp³-hybridized carbons (Fsp3) is 0.300. The van der Waals surface area contributed by atoms with Crippen LogP contribution >= 0.6 is 0 Å². The van der Waals surface area contributed by atoms with E-state index in [1.165, 1.54) is 0 Å². The molecular formula is C10H14NNaO2. The molecule has 0 saturated carbocycles. The fourth-order valence-corrected chi connectivity index (χ4v) is 1.21. The molecule has 0 aliphatic heterocycles. The second-order valence-corrected chi connectivity index (χ2v) is 3.00. The number of carboxylic acid groups (broad SMARTS) is 1. The number of hydrogen-bond donors (Lipinski definition) is 2. The van der Waals surface area contributed by atoms with E-state index < -0.39 is 11.5 Å². The molecule has 4 heteroatoms. The Morgan fingerprint density at radius 3 is 2.29 bits per heavy atom. The Labute approximate surface area is 106 Å². The minimum atomic E-state index is -1.25. The van der Waals surface area contributed by atoms with Crippen LogP contribution in [0.4, 0.5) is 0 Å². The Morgan fingerprint density at radius 2 is 1.93 bits per heavy atom. The van der Waals surface area contributed by atoms with Gasteiger partial charge in [0.1, 0.15) is 5.54 Å². The molecular weight excluding hydrogens is 189 g/mol. The molecule has 0 aromatic heterocycles. The molecule has 0 spiro atoms. The zero-order valence-corrected chi connectivity index (χ0v) is 7.53. The van der Waals surface area contributed by atoms with Crippen molar-refractivity contribution in [2.75, 3.05) is 0 Å². The Hall–Kier alpha value is -0.350. The number of carboxylic acids is 1. The summed E-state index contributed by atoms with van der Waals surface area (Å²) in [5.74, 6) is -0.985. The Kier molecular flexibility index (Phi) is 5.37. The van der Waals surface area contributed by atoms with Gasteiger partial charge in [-0.25, -0.2) is 4.79 Å². The molecule has 0 amide bonds. The maximum absolute atomic E-state index is 10.9. The van der Waals surface area contributed by atoms with E-state index in [1.807, 2.05) is 6.07 Å². The molecule has 1 aromatic rings. The van der Waals surface area contributed by atoms with Gasteiger partial charge in [0.2, 0.25) is 0 Å². The maximum atomic E-state index is 10.9. The van der Waals surface area contributed by atoms with Gasteiger partial charge in [0.15, 0.2) is 0 Å². The molecule has 3 nitrogen and oxygen atoms in total. The summed E-state index contributed by atoms with van der Waals surface area (Å²) in [4.78, 5) is 10.9. The van der Waals surface area contributed by atoms with Gasteiger partial charge in [0, 0.05) is 0 Å². The van der Waals surface area contributed by atoms with Gasteiger partial charge in [-0.2, -0.15) is 0 Å². The number of benzene rings is 1. The van der Waals surface area contributed by atoms with Crippen molar-refractivity contribution < 1.29 is 9.90 Å². The van der Waals surface area contributed by atoms with Gasteiger partial charge in [-0.1, -0.05) is 37.3 Å². The van der Waals surface area contributed by atoms with E-state index in [1.54, 1.807) is 31.2 Å². The van der Waals surface area contributed by atoms with Crippen LogP contribution in [0.2, 0.25) is 0 Å². The SMILES string of the molecule is CCC(N)(C(=O)O)c1ccccc1.[NaH].